The maximum absolute atomic E-state index is 13.2. The van der Waals surface area contributed by atoms with Gasteiger partial charge in [-0.15, -0.1) is 0 Å². The van der Waals surface area contributed by atoms with Crippen molar-refractivity contribution in [3.63, 3.8) is 0 Å². The highest BCUT2D eigenvalue weighted by Crippen LogP contribution is 2.34. The number of aromatic nitrogens is 4. The number of hydrogen-bond donors (Lipinski definition) is 3. The molecule has 0 saturated carbocycles. The molecule has 36 heavy (non-hydrogen) atoms. The first-order valence-electron chi connectivity index (χ1n) is 11.2. The van der Waals surface area contributed by atoms with Crippen LogP contribution in [0.5, 0.6) is 0 Å². The second-order valence-electron chi connectivity index (χ2n) is 8.73. The van der Waals surface area contributed by atoms with Gasteiger partial charge < -0.3 is 25.0 Å². The Morgan fingerprint density at radius 3 is 2.58 bits per heavy atom. The van der Waals surface area contributed by atoms with E-state index < -0.39 is 31.0 Å². The van der Waals surface area contributed by atoms with Gasteiger partial charge in [-0.1, -0.05) is 0 Å². The fraction of sp³-hybridized carbons (Fsp3) is 0.455. The zero-order valence-corrected chi connectivity index (χ0v) is 18.8. The van der Waals surface area contributed by atoms with Crippen LogP contribution >= 0.6 is 0 Å². The smallest absolute Gasteiger partial charge is 0.411 e. The topological polar surface area (TPSA) is 137 Å². The van der Waals surface area contributed by atoms with Crippen molar-refractivity contribution in [1.82, 2.24) is 19.7 Å². The summed E-state index contributed by atoms with van der Waals surface area (Å²) in [5.41, 5.74) is 0.762. The molecule has 3 aromatic rings. The van der Waals surface area contributed by atoms with Gasteiger partial charge in [0.15, 0.2) is 11.5 Å². The van der Waals surface area contributed by atoms with Crippen LogP contribution in [0.3, 0.4) is 0 Å². The second kappa shape index (κ2) is 9.19. The van der Waals surface area contributed by atoms with Crippen LogP contribution in [0.1, 0.15) is 6.42 Å². The third-order valence-corrected chi connectivity index (χ3v) is 6.22. The fourth-order valence-electron chi connectivity index (χ4n) is 4.63. The number of benzene rings is 1. The molecule has 2 aliphatic rings. The van der Waals surface area contributed by atoms with Crippen LogP contribution in [0.2, 0.25) is 0 Å². The lowest BCUT2D eigenvalue weighted by atomic mass is 10.1. The molecule has 3 atom stereocenters. The maximum atomic E-state index is 13.2. The standard InChI is InChI=1S/C22H23F3N6O5/c23-22(24,25)11-31-20-15(8-26-31)19(29-9-14-7-16(33)17(10-29)36-14)27-18(28-20)12-1-3-13(4-2-12)30(5-6-32)21(34)35/h1-4,8,14,16-17,32-33H,5-7,9-11H2,(H,34,35). The van der Waals surface area contributed by atoms with E-state index in [1.165, 1.54) is 18.3 Å². The molecule has 2 fully saturated rings. The molecular weight excluding hydrogens is 485 g/mol. The van der Waals surface area contributed by atoms with E-state index in [9.17, 15) is 28.2 Å². The third kappa shape index (κ3) is 4.66. The van der Waals surface area contributed by atoms with E-state index in [2.05, 4.69) is 15.1 Å². The summed E-state index contributed by atoms with van der Waals surface area (Å²) in [6, 6.07) is 6.13. The first-order valence-corrected chi connectivity index (χ1v) is 11.2. The zero-order chi connectivity index (χ0) is 25.6. The van der Waals surface area contributed by atoms with Crippen LogP contribution in [-0.2, 0) is 11.3 Å². The molecule has 2 aliphatic heterocycles. The van der Waals surface area contributed by atoms with Crippen LogP contribution in [0.25, 0.3) is 22.4 Å². The number of aliphatic hydroxyl groups is 2. The van der Waals surface area contributed by atoms with Crippen LogP contribution in [0.4, 0.5) is 29.5 Å². The molecule has 4 heterocycles. The van der Waals surface area contributed by atoms with Gasteiger partial charge >= 0.3 is 12.3 Å². The number of rotatable bonds is 6. The Morgan fingerprint density at radius 2 is 1.94 bits per heavy atom. The van der Waals surface area contributed by atoms with Gasteiger partial charge in [-0.05, 0) is 24.3 Å². The van der Waals surface area contributed by atoms with Crippen molar-refractivity contribution in [3.8, 4) is 11.4 Å². The van der Waals surface area contributed by atoms with Crippen molar-refractivity contribution >= 4 is 28.6 Å². The number of ether oxygens (including phenoxy) is 1. The highest BCUT2D eigenvalue weighted by Gasteiger charge is 2.41. The lowest BCUT2D eigenvalue weighted by molar-refractivity contribution is -0.141. The summed E-state index contributed by atoms with van der Waals surface area (Å²) < 4.78 is 46.1. The van der Waals surface area contributed by atoms with Gasteiger partial charge in [0.1, 0.15) is 18.5 Å². The molecule has 0 aliphatic carbocycles. The maximum Gasteiger partial charge on any atom is 0.411 e. The molecule has 11 nitrogen and oxygen atoms in total. The van der Waals surface area contributed by atoms with E-state index >= 15 is 0 Å². The van der Waals surface area contributed by atoms with Crippen molar-refractivity contribution in [2.45, 2.75) is 37.5 Å². The molecule has 14 heteroatoms. The average molecular weight is 508 g/mol. The summed E-state index contributed by atoms with van der Waals surface area (Å²) in [5.74, 6) is 0.517. The van der Waals surface area contributed by atoms with Crippen molar-refractivity contribution in [1.29, 1.82) is 0 Å². The molecule has 2 saturated heterocycles. The van der Waals surface area contributed by atoms with Crippen LogP contribution in [0, 0.1) is 0 Å². The number of carboxylic acid groups (broad SMARTS) is 1. The molecule has 0 radical (unpaired) electrons. The minimum Gasteiger partial charge on any atom is -0.465 e. The summed E-state index contributed by atoms with van der Waals surface area (Å²) in [5, 5.41) is 33.0. The number of anilines is 2. The van der Waals surface area contributed by atoms with Gasteiger partial charge in [-0.25, -0.2) is 19.4 Å². The van der Waals surface area contributed by atoms with Crippen molar-refractivity contribution in [2.24, 2.45) is 0 Å². The lowest BCUT2D eigenvalue weighted by Gasteiger charge is -2.33. The van der Waals surface area contributed by atoms with Gasteiger partial charge in [0.2, 0.25) is 0 Å². The molecule has 0 spiro atoms. The van der Waals surface area contributed by atoms with Crippen molar-refractivity contribution < 1.29 is 38.0 Å². The van der Waals surface area contributed by atoms with Gasteiger partial charge in [-0.2, -0.15) is 18.3 Å². The summed E-state index contributed by atoms with van der Waals surface area (Å²) in [4.78, 5) is 23.3. The van der Waals surface area contributed by atoms with Crippen molar-refractivity contribution in [3.05, 3.63) is 30.5 Å². The number of fused-ring (bicyclic) bond motifs is 3. The zero-order valence-electron chi connectivity index (χ0n) is 18.8. The first kappa shape index (κ1) is 24.2. The normalized spacial score (nSPS) is 21.8. The predicted octanol–water partition coefficient (Wildman–Crippen LogP) is 1.87. The number of amides is 1. The number of hydrogen-bond acceptors (Lipinski definition) is 8. The van der Waals surface area contributed by atoms with E-state index in [0.29, 0.717) is 42.0 Å². The first-order chi connectivity index (χ1) is 17.1. The van der Waals surface area contributed by atoms with E-state index in [1.807, 2.05) is 4.90 Å². The molecule has 1 aromatic carbocycles. The predicted molar refractivity (Wildman–Crippen MR) is 121 cm³/mol. The van der Waals surface area contributed by atoms with E-state index in [0.717, 1.165) is 9.58 Å². The number of aliphatic hydroxyl groups excluding tert-OH is 2. The number of nitrogens with zero attached hydrogens (tertiary/aromatic N) is 6. The Bertz CT molecular complexity index is 1270. The minimum absolute atomic E-state index is 0.00299. The Hall–Kier alpha value is -3.49. The third-order valence-electron chi connectivity index (χ3n) is 6.22. The highest BCUT2D eigenvalue weighted by atomic mass is 19.4. The monoisotopic (exact) mass is 508 g/mol. The van der Waals surface area contributed by atoms with Gasteiger partial charge in [0, 0.05) is 30.8 Å². The van der Waals surface area contributed by atoms with Gasteiger partial charge in [0.25, 0.3) is 0 Å². The lowest BCUT2D eigenvalue weighted by Crippen LogP contribution is -2.44. The molecule has 2 aromatic heterocycles. The number of carbonyl (C=O) groups is 1. The molecule has 1 amide bonds. The summed E-state index contributed by atoms with van der Waals surface area (Å²) in [6.45, 7) is -1.11. The Balaban J connectivity index is 1.57. The molecule has 3 N–H and O–H groups in total. The van der Waals surface area contributed by atoms with E-state index in [-0.39, 0.29) is 30.7 Å². The van der Waals surface area contributed by atoms with E-state index in [4.69, 9.17) is 9.84 Å². The van der Waals surface area contributed by atoms with Gasteiger partial charge in [0.05, 0.1) is 36.9 Å². The molecular formula is C22H23F3N6O5. The summed E-state index contributed by atoms with van der Waals surface area (Å²) in [7, 11) is 0. The van der Waals surface area contributed by atoms with Crippen molar-refractivity contribution in [2.75, 3.05) is 36.0 Å². The Morgan fingerprint density at radius 1 is 1.19 bits per heavy atom. The van der Waals surface area contributed by atoms with Gasteiger partial charge in [-0.3, -0.25) is 4.90 Å². The molecule has 3 unspecified atom stereocenters. The highest BCUT2D eigenvalue weighted by molar-refractivity contribution is 5.89. The molecule has 2 bridgehead atoms. The summed E-state index contributed by atoms with van der Waals surface area (Å²) in [6.07, 6.45) is -5.28. The number of halogens is 3. The molecule has 192 valence electrons. The quantitative estimate of drug-likeness (QED) is 0.456. The molecule has 5 rings (SSSR count). The number of morpholine rings is 1. The van der Waals surface area contributed by atoms with Crippen LogP contribution < -0.4 is 9.80 Å². The van der Waals surface area contributed by atoms with Crippen LogP contribution in [0.15, 0.2) is 30.5 Å². The summed E-state index contributed by atoms with van der Waals surface area (Å²) >= 11 is 0. The average Bonchev–Trinajstić information content (AvgIpc) is 3.34. The minimum atomic E-state index is -4.51. The fourth-order valence-corrected chi connectivity index (χ4v) is 4.63. The largest absolute Gasteiger partial charge is 0.465 e. The Labute approximate surface area is 202 Å². The SMILES string of the molecule is O=C(O)N(CCO)c1ccc(-c2nc(N3CC4CC(O)C(C3)O4)c3cnn(CC(F)(F)F)c3n2)cc1. The Kier molecular flexibility index (Phi) is 6.18. The van der Waals surface area contributed by atoms with E-state index in [1.54, 1.807) is 12.1 Å². The van der Waals surface area contributed by atoms with Crippen LogP contribution in [-0.4, -0.2) is 91.9 Å². The number of alkyl halides is 3. The second-order valence-corrected chi connectivity index (χ2v) is 8.73.